The fourth-order valence-corrected chi connectivity index (χ4v) is 0.579. The highest BCUT2D eigenvalue weighted by molar-refractivity contribution is 6.22. The van der Waals surface area contributed by atoms with E-state index in [0.29, 0.717) is 0 Å². The van der Waals surface area contributed by atoms with Crippen LogP contribution in [0.25, 0.3) is 0 Å². The summed E-state index contributed by atoms with van der Waals surface area (Å²) in [5.41, 5.74) is 0. The Hall–Kier alpha value is -0.450. The fraction of sp³-hybridized carbons (Fsp3) is 1.00. The summed E-state index contributed by atoms with van der Waals surface area (Å²) < 4.78 is 120. The Kier molecular flexibility index (Phi) is 4.22. The van der Waals surface area contributed by atoms with E-state index in [4.69, 9.17) is 0 Å². The van der Waals surface area contributed by atoms with Crippen LogP contribution in [-0.2, 0) is 4.74 Å². The normalized spacial score (nSPS) is 15.5. The van der Waals surface area contributed by atoms with Crippen molar-refractivity contribution < 1.29 is 48.6 Å². The summed E-state index contributed by atoms with van der Waals surface area (Å²) in [6, 6.07) is 0. The van der Waals surface area contributed by atoms with E-state index in [1.807, 2.05) is 0 Å². The lowest BCUT2D eigenvalue weighted by Crippen LogP contribution is -2.52. The first-order valence-corrected chi connectivity index (χ1v) is 3.72. The van der Waals surface area contributed by atoms with E-state index in [9.17, 15) is 43.9 Å². The SMILES string of the molecule is FC(F)(F)C(OC(F)(F)C(F)(F)Cl)C(F)(F)F. The average molecular weight is 302 g/mol. The molecule has 0 aromatic rings. The largest absolute Gasteiger partial charge is 0.435 e. The van der Waals surface area contributed by atoms with E-state index in [1.165, 1.54) is 0 Å². The second kappa shape index (κ2) is 4.34. The van der Waals surface area contributed by atoms with Crippen molar-refractivity contribution >= 4 is 11.6 Å². The second-order valence-corrected chi connectivity index (χ2v) is 3.07. The molecule has 0 rings (SSSR count). The monoisotopic (exact) mass is 302 g/mol. The molecule has 0 heterocycles. The fourth-order valence-electron chi connectivity index (χ4n) is 0.534. The van der Waals surface area contributed by atoms with Crippen LogP contribution < -0.4 is 0 Å². The van der Waals surface area contributed by atoms with Gasteiger partial charge in [-0.25, -0.2) is 0 Å². The molecular formula is C5HClF10O. The Morgan fingerprint density at radius 1 is 0.706 bits per heavy atom. The molecule has 0 aromatic carbocycles. The van der Waals surface area contributed by atoms with E-state index in [0.717, 1.165) is 0 Å². The quantitative estimate of drug-likeness (QED) is 0.567. The lowest BCUT2D eigenvalue weighted by Gasteiger charge is -2.28. The summed E-state index contributed by atoms with van der Waals surface area (Å²) in [5.74, 6) is 0. The third kappa shape index (κ3) is 4.37. The van der Waals surface area contributed by atoms with Gasteiger partial charge in [-0.05, 0) is 11.6 Å². The van der Waals surface area contributed by atoms with Crippen molar-refractivity contribution in [3.8, 4) is 0 Å². The van der Waals surface area contributed by atoms with Crippen molar-refractivity contribution in [2.45, 2.75) is 29.9 Å². The van der Waals surface area contributed by atoms with Gasteiger partial charge in [-0.15, -0.1) is 0 Å². The molecule has 0 aromatic heterocycles. The minimum atomic E-state index is -6.34. The molecule has 0 N–H and O–H groups in total. The molecule has 0 spiro atoms. The highest BCUT2D eigenvalue weighted by atomic mass is 35.5. The van der Waals surface area contributed by atoms with Crippen LogP contribution >= 0.6 is 11.6 Å². The zero-order valence-electron chi connectivity index (χ0n) is 7.14. The van der Waals surface area contributed by atoms with Crippen LogP contribution in [0.5, 0.6) is 0 Å². The molecule has 0 aliphatic rings. The molecule has 17 heavy (non-hydrogen) atoms. The molecule has 0 bridgehead atoms. The van der Waals surface area contributed by atoms with Gasteiger partial charge >= 0.3 is 23.8 Å². The molecule has 0 atom stereocenters. The first-order valence-electron chi connectivity index (χ1n) is 3.35. The molecular weight excluding hydrogens is 301 g/mol. The van der Waals surface area contributed by atoms with Gasteiger partial charge in [0, 0.05) is 0 Å². The van der Waals surface area contributed by atoms with Gasteiger partial charge in [0.2, 0.25) is 0 Å². The third-order valence-electron chi connectivity index (χ3n) is 1.19. The number of hydrogen-bond acceptors (Lipinski definition) is 1. The molecule has 12 heteroatoms. The molecule has 0 saturated heterocycles. The van der Waals surface area contributed by atoms with Crippen LogP contribution in [0.4, 0.5) is 43.9 Å². The predicted octanol–water partition coefficient (Wildman–Crippen LogP) is 3.92. The molecule has 1 nitrogen and oxygen atoms in total. The van der Waals surface area contributed by atoms with Crippen molar-refractivity contribution in [3.63, 3.8) is 0 Å². The Bertz CT molecular complexity index is 247. The molecule has 0 fully saturated rings. The summed E-state index contributed by atoms with van der Waals surface area (Å²) in [7, 11) is 0. The van der Waals surface area contributed by atoms with Crippen molar-refractivity contribution in [2.75, 3.05) is 0 Å². The lowest BCUT2D eigenvalue weighted by atomic mass is 10.3. The number of alkyl halides is 11. The minimum absolute atomic E-state index is 2.07. The number of hydrogen-bond donors (Lipinski definition) is 0. The van der Waals surface area contributed by atoms with Gasteiger partial charge in [0.15, 0.2) is 0 Å². The van der Waals surface area contributed by atoms with E-state index in [-0.39, 0.29) is 0 Å². The number of rotatable bonds is 3. The van der Waals surface area contributed by atoms with Gasteiger partial charge in [0.1, 0.15) is 0 Å². The maximum atomic E-state index is 12.1. The summed E-state index contributed by atoms with van der Waals surface area (Å²) in [5, 5.41) is -5.72. The number of halogens is 11. The van der Waals surface area contributed by atoms with Crippen molar-refractivity contribution in [3.05, 3.63) is 0 Å². The van der Waals surface area contributed by atoms with E-state index in [1.54, 1.807) is 0 Å². The Balaban J connectivity index is 5.17. The minimum Gasteiger partial charge on any atom is -0.292 e. The highest BCUT2D eigenvalue weighted by Gasteiger charge is 2.67. The van der Waals surface area contributed by atoms with Crippen molar-refractivity contribution in [1.29, 1.82) is 0 Å². The van der Waals surface area contributed by atoms with Gasteiger partial charge in [0.05, 0.1) is 0 Å². The molecule has 0 unspecified atom stereocenters. The predicted molar refractivity (Wildman–Crippen MR) is 32.7 cm³/mol. The summed E-state index contributed by atoms with van der Waals surface area (Å²) in [6.07, 6.45) is -23.9. The van der Waals surface area contributed by atoms with E-state index in [2.05, 4.69) is 16.3 Å². The van der Waals surface area contributed by atoms with Crippen LogP contribution in [0, 0.1) is 0 Å². The number of ether oxygens (including phenoxy) is 1. The molecule has 0 radical (unpaired) electrons. The zero-order valence-corrected chi connectivity index (χ0v) is 7.90. The molecule has 0 aliphatic heterocycles. The lowest BCUT2D eigenvalue weighted by molar-refractivity contribution is -0.414. The smallest absolute Gasteiger partial charge is 0.292 e. The average Bonchev–Trinajstić information content (AvgIpc) is 1.93. The zero-order chi connectivity index (χ0) is 14.3. The topological polar surface area (TPSA) is 9.23 Å². The molecule has 0 amide bonds. The Labute approximate surface area is 91.3 Å². The van der Waals surface area contributed by atoms with Crippen LogP contribution in [0.2, 0.25) is 0 Å². The maximum absolute atomic E-state index is 12.1. The standard InChI is InChI=1S/C5HClF10O/c6-4(13,14)5(15,16)17-1(2(7,8)9)3(10,11)12/h1H. The summed E-state index contributed by atoms with van der Waals surface area (Å²) in [4.78, 5) is 0. The Morgan fingerprint density at radius 3 is 1.18 bits per heavy atom. The van der Waals surface area contributed by atoms with Gasteiger partial charge in [-0.3, -0.25) is 4.74 Å². The van der Waals surface area contributed by atoms with Gasteiger partial charge in [-0.2, -0.15) is 43.9 Å². The van der Waals surface area contributed by atoms with Crippen molar-refractivity contribution in [2.24, 2.45) is 0 Å². The highest BCUT2D eigenvalue weighted by Crippen LogP contribution is 2.45. The summed E-state index contributed by atoms with van der Waals surface area (Å²) >= 11 is 3.63. The maximum Gasteiger partial charge on any atom is 0.435 e. The summed E-state index contributed by atoms with van der Waals surface area (Å²) in [6.45, 7) is 0. The van der Waals surface area contributed by atoms with Crippen LogP contribution in [0.15, 0.2) is 0 Å². The van der Waals surface area contributed by atoms with Gasteiger partial charge < -0.3 is 0 Å². The van der Waals surface area contributed by atoms with Crippen LogP contribution in [-0.4, -0.2) is 29.9 Å². The van der Waals surface area contributed by atoms with Gasteiger partial charge in [0.25, 0.3) is 6.10 Å². The molecule has 0 saturated carbocycles. The molecule has 0 aliphatic carbocycles. The van der Waals surface area contributed by atoms with Crippen LogP contribution in [0.3, 0.4) is 0 Å². The first kappa shape index (κ1) is 16.6. The van der Waals surface area contributed by atoms with Crippen molar-refractivity contribution in [1.82, 2.24) is 0 Å². The van der Waals surface area contributed by atoms with E-state index >= 15 is 0 Å². The van der Waals surface area contributed by atoms with E-state index < -0.39 is 29.9 Å². The second-order valence-electron chi connectivity index (χ2n) is 2.60. The first-order chi connectivity index (χ1) is 7.09. The molecule has 104 valence electrons. The Morgan fingerprint density at radius 2 is 1.00 bits per heavy atom. The third-order valence-corrected chi connectivity index (χ3v) is 1.41. The van der Waals surface area contributed by atoms with Crippen LogP contribution in [0.1, 0.15) is 0 Å². The van der Waals surface area contributed by atoms with Gasteiger partial charge in [-0.1, -0.05) is 0 Å².